The first-order valence-corrected chi connectivity index (χ1v) is 7.82. The number of ether oxygens (including phenoxy) is 1. The summed E-state index contributed by atoms with van der Waals surface area (Å²) in [6.45, 7) is 3.87. The molecule has 1 aromatic carbocycles. The first-order chi connectivity index (χ1) is 12.5. The molecule has 1 rings (SSSR count). The zero-order chi connectivity index (χ0) is 19.5. The van der Waals surface area contributed by atoms with E-state index < -0.39 is 0 Å². The van der Waals surface area contributed by atoms with E-state index in [1.807, 2.05) is 13.8 Å². The third-order valence-corrected chi connectivity index (χ3v) is 4.25. The van der Waals surface area contributed by atoms with Gasteiger partial charge in [0.25, 0.3) is 0 Å². The second-order valence-electron chi connectivity index (χ2n) is 5.46. The van der Waals surface area contributed by atoms with Gasteiger partial charge < -0.3 is 4.74 Å². The van der Waals surface area contributed by atoms with Crippen LogP contribution in [0, 0.1) is 13.8 Å². The van der Waals surface area contributed by atoms with E-state index in [9.17, 15) is 19.2 Å². The highest BCUT2D eigenvalue weighted by atomic mass is 16.5. The predicted octanol–water partition coefficient (Wildman–Crippen LogP) is 1.92. The average Bonchev–Trinajstić information content (AvgIpc) is 2.64. The molecule has 0 unspecified atom stereocenters. The Morgan fingerprint density at radius 2 is 1.23 bits per heavy atom. The number of carbonyl (C=O) groups excluding carboxylic acids is 4. The Balaban J connectivity index is 3.66. The molecule has 0 radical (unpaired) electrons. The van der Waals surface area contributed by atoms with E-state index in [0.29, 0.717) is 6.42 Å². The van der Waals surface area contributed by atoms with Crippen LogP contribution < -0.4 is 0 Å². The lowest BCUT2D eigenvalue weighted by Gasteiger charge is -2.21. The van der Waals surface area contributed by atoms with Crippen LogP contribution in [0.5, 0.6) is 0 Å². The molecule has 0 aromatic heterocycles. The monoisotopic (exact) mass is 357 g/mol. The van der Waals surface area contributed by atoms with E-state index in [2.05, 4.69) is 19.7 Å². The summed E-state index contributed by atoms with van der Waals surface area (Å²) < 4.78 is 4.68. The number of carbonyl (C=O) groups is 1. The van der Waals surface area contributed by atoms with Crippen molar-refractivity contribution in [1.82, 2.24) is 0 Å². The maximum atomic E-state index is 11.6. The molecule has 0 saturated heterocycles. The number of benzene rings is 1. The molecule has 136 valence electrons. The van der Waals surface area contributed by atoms with Crippen LogP contribution in [-0.2, 0) is 50.0 Å². The van der Waals surface area contributed by atoms with Gasteiger partial charge in [-0.05, 0) is 53.6 Å². The van der Waals surface area contributed by atoms with Gasteiger partial charge in [0, 0.05) is 6.42 Å². The summed E-state index contributed by atoms with van der Waals surface area (Å²) in [6.07, 6.45) is 4.95. The van der Waals surface area contributed by atoms with E-state index in [0.717, 1.165) is 33.4 Å². The summed E-state index contributed by atoms with van der Waals surface area (Å²) in [5.74, 6) is -0.385. The van der Waals surface area contributed by atoms with Gasteiger partial charge in [-0.2, -0.15) is 0 Å². The van der Waals surface area contributed by atoms with Crippen LogP contribution in [0.1, 0.15) is 39.8 Å². The number of methoxy groups -OCH3 is 1. The zero-order valence-corrected chi connectivity index (χ0v) is 14.9. The second kappa shape index (κ2) is 10.6. The van der Waals surface area contributed by atoms with Gasteiger partial charge in [-0.1, -0.05) is 0 Å². The molecule has 26 heavy (non-hydrogen) atoms. The van der Waals surface area contributed by atoms with Gasteiger partial charge in [-0.3, -0.25) is 4.79 Å². The van der Waals surface area contributed by atoms with Crippen molar-refractivity contribution in [2.75, 3.05) is 7.11 Å². The molecule has 0 heterocycles. The zero-order valence-electron chi connectivity index (χ0n) is 14.9. The first-order valence-electron chi connectivity index (χ1n) is 7.82. The van der Waals surface area contributed by atoms with Crippen molar-refractivity contribution in [3.05, 3.63) is 33.4 Å². The molecule has 0 aliphatic carbocycles. The fourth-order valence-corrected chi connectivity index (χ4v) is 2.91. The highest BCUT2D eigenvalue weighted by molar-refractivity contribution is 5.70. The molecule has 8 heteroatoms. The first kappa shape index (κ1) is 20.9. The van der Waals surface area contributed by atoms with Gasteiger partial charge in [0.05, 0.1) is 26.7 Å². The molecule has 8 nitrogen and oxygen atoms in total. The Hall–Kier alpha value is -3.17. The molecule has 0 amide bonds. The van der Waals surface area contributed by atoms with Crippen LogP contribution in [0.25, 0.3) is 0 Å². The standard InChI is InChI=1S/C18H19N3O5/c1-12-15(6-19-9-22)13(2)17(8-21-11-24)14(4-5-18(25)26-3)16(12)7-20-10-23/h4-8H2,1-3H3. The molecule has 0 saturated carbocycles. The largest absolute Gasteiger partial charge is 0.469 e. The van der Waals surface area contributed by atoms with Gasteiger partial charge in [0.15, 0.2) is 0 Å². The van der Waals surface area contributed by atoms with Gasteiger partial charge in [-0.25, -0.2) is 29.4 Å². The van der Waals surface area contributed by atoms with Crippen LogP contribution in [0.2, 0.25) is 0 Å². The molecule has 0 spiro atoms. The maximum Gasteiger partial charge on any atom is 0.305 e. The van der Waals surface area contributed by atoms with Crippen molar-refractivity contribution in [3.8, 4) is 0 Å². The quantitative estimate of drug-likeness (QED) is 0.380. The number of nitrogens with zero attached hydrogens (tertiary/aromatic N) is 3. The molecular formula is C18H19N3O5. The van der Waals surface area contributed by atoms with Crippen LogP contribution in [0.15, 0.2) is 15.0 Å². The normalized spacial score (nSPS) is 9.50. The lowest BCUT2D eigenvalue weighted by atomic mass is 9.85. The van der Waals surface area contributed by atoms with Crippen LogP contribution in [-0.4, -0.2) is 31.3 Å². The summed E-state index contributed by atoms with van der Waals surface area (Å²) in [5, 5.41) is 0. The fourth-order valence-electron chi connectivity index (χ4n) is 2.91. The molecule has 0 fully saturated rings. The Morgan fingerprint density at radius 3 is 1.62 bits per heavy atom. The Bertz CT molecular complexity index is 781. The van der Waals surface area contributed by atoms with Crippen LogP contribution >= 0.6 is 0 Å². The number of isocyanates is 3. The Kier molecular flexibility index (Phi) is 8.55. The minimum Gasteiger partial charge on any atom is -0.469 e. The third-order valence-electron chi connectivity index (χ3n) is 4.25. The highest BCUT2D eigenvalue weighted by Crippen LogP contribution is 2.31. The van der Waals surface area contributed by atoms with E-state index in [4.69, 9.17) is 0 Å². The lowest BCUT2D eigenvalue weighted by molar-refractivity contribution is -0.140. The minimum absolute atomic E-state index is 0.0573. The van der Waals surface area contributed by atoms with E-state index >= 15 is 0 Å². The highest BCUT2D eigenvalue weighted by Gasteiger charge is 2.20. The number of rotatable bonds is 9. The molecule has 1 aromatic rings. The van der Waals surface area contributed by atoms with Crippen molar-refractivity contribution in [2.45, 2.75) is 46.3 Å². The minimum atomic E-state index is -0.385. The van der Waals surface area contributed by atoms with Gasteiger partial charge >= 0.3 is 5.97 Å². The Labute approximate surface area is 150 Å². The molecule has 0 atom stereocenters. The second-order valence-corrected chi connectivity index (χ2v) is 5.46. The number of hydrogen-bond donors (Lipinski definition) is 0. The molecular weight excluding hydrogens is 338 g/mol. The van der Waals surface area contributed by atoms with Crippen LogP contribution in [0.3, 0.4) is 0 Å². The number of aliphatic imine (C=N–C) groups is 3. The predicted molar refractivity (Wildman–Crippen MR) is 91.7 cm³/mol. The van der Waals surface area contributed by atoms with Gasteiger partial charge in [0.2, 0.25) is 18.2 Å². The summed E-state index contributed by atoms with van der Waals surface area (Å²) in [5.41, 5.74) is 4.58. The van der Waals surface area contributed by atoms with Gasteiger partial charge in [-0.15, -0.1) is 0 Å². The molecule has 0 bridgehead atoms. The number of esters is 1. The molecule has 0 aliphatic heterocycles. The SMILES string of the molecule is COC(=O)CCc1c(CN=C=O)c(C)c(CN=C=O)c(C)c1CN=C=O. The van der Waals surface area contributed by atoms with Gasteiger partial charge in [0.1, 0.15) is 0 Å². The summed E-state index contributed by atoms with van der Waals surface area (Å²) in [6, 6.07) is 0. The lowest BCUT2D eigenvalue weighted by Crippen LogP contribution is -2.12. The molecule has 0 aliphatic rings. The smallest absolute Gasteiger partial charge is 0.305 e. The van der Waals surface area contributed by atoms with Crippen molar-refractivity contribution in [1.29, 1.82) is 0 Å². The topological polar surface area (TPSA) is 115 Å². The Morgan fingerprint density at radius 1 is 0.808 bits per heavy atom. The molecule has 0 N–H and O–H groups in total. The van der Waals surface area contributed by atoms with Crippen molar-refractivity contribution in [3.63, 3.8) is 0 Å². The summed E-state index contributed by atoms with van der Waals surface area (Å²) in [7, 11) is 1.30. The average molecular weight is 357 g/mol. The van der Waals surface area contributed by atoms with Crippen molar-refractivity contribution < 1.29 is 23.9 Å². The van der Waals surface area contributed by atoms with Crippen molar-refractivity contribution >= 4 is 24.2 Å². The van der Waals surface area contributed by atoms with E-state index in [1.54, 1.807) is 0 Å². The fraction of sp³-hybridized carbons (Fsp3) is 0.444. The van der Waals surface area contributed by atoms with E-state index in [-0.39, 0.29) is 32.0 Å². The van der Waals surface area contributed by atoms with Crippen molar-refractivity contribution in [2.24, 2.45) is 15.0 Å². The summed E-state index contributed by atoms with van der Waals surface area (Å²) in [4.78, 5) is 54.2. The maximum absolute atomic E-state index is 11.6. The third kappa shape index (κ3) is 5.16. The van der Waals surface area contributed by atoms with Crippen LogP contribution in [0.4, 0.5) is 0 Å². The number of hydrogen-bond acceptors (Lipinski definition) is 8. The van der Waals surface area contributed by atoms with E-state index in [1.165, 1.54) is 25.3 Å². The summed E-state index contributed by atoms with van der Waals surface area (Å²) >= 11 is 0.